The summed E-state index contributed by atoms with van der Waals surface area (Å²) in [5.74, 6) is 1.37. The molecule has 16 heavy (non-hydrogen) atoms. The second kappa shape index (κ2) is 4.37. The van der Waals surface area contributed by atoms with Crippen LogP contribution in [0.1, 0.15) is 5.69 Å². The summed E-state index contributed by atoms with van der Waals surface area (Å²) in [6, 6.07) is 7.32. The monoisotopic (exact) mass is 219 g/mol. The average Bonchev–Trinajstić information content (AvgIpc) is 2.36. The van der Waals surface area contributed by atoms with Crippen molar-refractivity contribution in [2.24, 2.45) is 0 Å². The Hall–Kier alpha value is -1.81. The Morgan fingerprint density at radius 2 is 2.00 bits per heavy atom. The number of rotatable bonds is 3. The molecule has 84 valence electrons. The van der Waals surface area contributed by atoms with Crippen LogP contribution in [0.4, 0.5) is 0 Å². The molecule has 2 aromatic rings. The molecule has 1 aromatic carbocycles. The van der Waals surface area contributed by atoms with Crippen molar-refractivity contribution in [3.63, 3.8) is 0 Å². The van der Waals surface area contributed by atoms with E-state index in [1.54, 1.807) is 26.4 Å². The molecule has 0 atom stereocenters. The molecule has 0 unspecified atom stereocenters. The van der Waals surface area contributed by atoms with E-state index in [2.05, 4.69) is 4.98 Å². The number of pyridine rings is 1. The minimum absolute atomic E-state index is 0.0783. The van der Waals surface area contributed by atoms with Crippen LogP contribution in [0.2, 0.25) is 0 Å². The summed E-state index contributed by atoms with van der Waals surface area (Å²) in [4.78, 5) is 4.31. The van der Waals surface area contributed by atoms with Crippen molar-refractivity contribution in [3.05, 3.63) is 30.0 Å². The highest BCUT2D eigenvalue weighted by atomic mass is 16.5. The number of ether oxygens (including phenoxy) is 2. The normalized spacial score (nSPS) is 10.4. The van der Waals surface area contributed by atoms with Gasteiger partial charge in [0.25, 0.3) is 0 Å². The van der Waals surface area contributed by atoms with Gasteiger partial charge in [0.05, 0.1) is 26.5 Å². The summed E-state index contributed by atoms with van der Waals surface area (Å²) in [5.41, 5.74) is 1.35. The summed E-state index contributed by atoms with van der Waals surface area (Å²) in [6.45, 7) is -0.0783. The molecule has 4 heteroatoms. The van der Waals surface area contributed by atoms with Crippen LogP contribution in [0.5, 0.6) is 11.5 Å². The average molecular weight is 219 g/mol. The molecule has 1 N–H and O–H groups in total. The maximum Gasteiger partial charge on any atom is 0.148 e. The number of aliphatic hydroxyl groups is 1. The summed E-state index contributed by atoms with van der Waals surface area (Å²) in [5, 5.41) is 9.96. The van der Waals surface area contributed by atoms with E-state index in [-0.39, 0.29) is 6.61 Å². The zero-order chi connectivity index (χ0) is 11.5. The van der Waals surface area contributed by atoms with Gasteiger partial charge in [-0.3, -0.25) is 0 Å². The third kappa shape index (κ3) is 1.79. The van der Waals surface area contributed by atoms with E-state index in [0.29, 0.717) is 11.4 Å². The first-order chi connectivity index (χ1) is 7.78. The first-order valence-corrected chi connectivity index (χ1v) is 4.91. The van der Waals surface area contributed by atoms with Crippen LogP contribution in [0.15, 0.2) is 24.3 Å². The zero-order valence-corrected chi connectivity index (χ0v) is 9.23. The SMILES string of the molecule is COc1cc(OC)c2nc(CO)ccc2c1. The van der Waals surface area contributed by atoms with Crippen molar-refractivity contribution in [3.8, 4) is 11.5 Å². The second-order valence-electron chi connectivity index (χ2n) is 3.36. The smallest absolute Gasteiger partial charge is 0.148 e. The summed E-state index contributed by atoms with van der Waals surface area (Å²) in [7, 11) is 3.19. The van der Waals surface area contributed by atoms with Crippen molar-refractivity contribution in [2.75, 3.05) is 14.2 Å². The molecule has 1 heterocycles. The van der Waals surface area contributed by atoms with Crippen LogP contribution < -0.4 is 9.47 Å². The summed E-state index contributed by atoms with van der Waals surface area (Å²) < 4.78 is 10.4. The maximum atomic E-state index is 9.03. The van der Waals surface area contributed by atoms with Crippen LogP contribution in [0.3, 0.4) is 0 Å². The molecular formula is C12H13NO3. The molecule has 0 fully saturated rings. The number of fused-ring (bicyclic) bond motifs is 1. The molecule has 2 rings (SSSR count). The number of aliphatic hydroxyl groups excluding tert-OH is 1. The van der Waals surface area contributed by atoms with Gasteiger partial charge in [0.15, 0.2) is 0 Å². The number of benzene rings is 1. The molecular weight excluding hydrogens is 206 g/mol. The van der Waals surface area contributed by atoms with Gasteiger partial charge in [-0.05, 0) is 12.1 Å². The van der Waals surface area contributed by atoms with E-state index in [4.69, 9.17) is 14.6 Å². The van der Waals surface area contributed by atoms with Gasteiger partial charge in [0.2, 0.25) is 0 Å². The van der Waals surface area contributed by atoms with Gasteiger partial charge in [-0.2, -0.15) is 0 Å². The number of aromatic nitrogens is 1. The minimum atomic E-state index is -0.0783. The van der Waals surface area contributed by atoms with Gasteiger partial charge in [0, 0.05) is 11.5 Å². The van der Waals surface area contributed by atoms with Crippen LogP contribution in [0, 0.1) is 0 Å². The molecule has 0 spiro atoms. The summed E-state index contributed by atoms with van der Waals surface area (Å²) >= 11 is 0. The van der Waals surface area contributed by atoms with Crippen LogP contribution in [0.25, 0.3) is 10.9 Å². The first kappa shape index (κ1) is 10.7. The van der Waals surface area contributed by atoms with Crippen molar-refractivity contribution in [1.82, 2.24) is 4.98 Å². The largest absolute Gasteiger partial charge is 0.497 e. The number of nitrogens with zero attached hydrogens (tertiary/aromatic N) is 1. The predicted octanol–water partition coefficient (Wildman–Crippen LogP) is 1.74. The zero-order valence-electron chi connectivity index (χ0n) is 9.23. The van der Waals surface area contributed by atoms with Crippen LogP contribution >= 0.6 is 0 Å². The van der Waals surface area contributed by atoms with E-state index >= 15 is 0 Å². The Morgan fingerprint density at radius 3 is 2.62 bits per heavy atom. The second-order valence-corrected chi connectivity index (χ2v) is 3.36. The number of hydrogen-bond donors (Lipinski definition) is 1. The highest BCUT2D eigenvalue weighted by Crippen LogP contribution is 2.29. The molecule has 0 aliphatic heterocycles. The maximum absolute atomic E-state index is 9.03. The van der Waals surface area contributed by atoms with Crippen molar-refractivity contribution >= 4 is 10.9 Å². The van der Waals surface area contributed by atoms with E-state index < -0.39 is 0 Å². The standard InChI is InChI=1S/C12H13NO3/c1-15-10-5-8-3-4-9(7-14)13-12(8)11(6-10)16-2/h3-6,14H,7H2,1-2H3. The van der Waals surface area contributed by atoms with E-state index in [1.165, 1.54) is 0 Å². The van der Waals surface area contributed by atoms with Gasteiger partial charge in [-0.1, -0.05) is 6.07 Å². The fraction of sp³-hybridized carbons (Fsp3) is 0.250. The summed E-state index contributed by atoms with van der Waals surface area (Å²) in [6.07, 6.45) is 0. The molecule has 0 radical (unpaired) electrons. The van der Waals surface area contributed by atoms with Crippen LogP contribution in [-0.2, 0) is 6.61 Å². The predicted molar refractivity (Wildman–Crippen MR) is 60.8 cm³/mol. The molecule has 0 aliphatic carbocycles. The molecule has 4 nitrogen and oxygen atoms in total. The molecule has 1 aromatic heterocycles. The topological polar surface area (TPSA) is 51.6 Å². The Bertz CT molecular complexity index is 511. The van der Waals surface area contributed by atoms with Gasteiger partial charge in [-0.15, -0.1) is 0 Å². The fourth-order valence-corrected chi connectivity index (χ4v) is 1.58. The van der Waals surface area contributed by atoms with Gasteiger partial charge in [-0.25, -0.2) is 4.98 Å². The lowest BCUT2D eigenvalue weighted by atomic mass is 10.2. The first-order valence-electron chi connectivity index (χ1n) is 4.91. The molecule has 0 saturated carbocycles. The van der Waals surface area contributed by atoms with E-state index in [0.717, 1.165) is 16.7 Å². The Labute approximate surface area is 93.4 Å². The molecule has 0 saturated heterocycles. The van der Waals surface area contributed by atoms with E-state index in [1.807, 2.05) is 12.1 Å². The Kier molecular flexibility index (Phi) is 2.92. The Balaban J connectivity index is 2.69. The van der Waals surface area contributed by atoms with Crippen LogP contribution in [-0.4, -0.2) is 24.3 Å². The lowest BCUT2D eigenvalue weighted by Gasteiger charge is -2.08. The Morgan fingerprint density at radius 1 is 1.19 bits per heavy atom. The molecule has 0 aliphatic rings. The van der Waals surface area contributed by atoms with Gasteiger partial charge >= 0.3 is 0 Å². The molecule has 0 amide bonds. The van der Waals surface area contributed by atoms with Gasteiger partial charge < -0.3 is 14.6 Å². The fourth-order valence-electron chi connectivity index (χ4n) is 1.58. The third-order valence-corrected chi connectivity index (χ3v) is 2.41. The highest BCUT2D eigenvalue weighted by Gasteiger charge is 2.07. The minimum Gasteiger partial charge on any atom is -0.497 e. The van der Waals surface area contributed by atoms with E-state index in [9.17, 15) is 0 Å². The van der Waals surface area contributed by atoms with Crippen molar-refractivity contribution in [1.29, 1.82) is 0 Å². The number of hydrogen-bond acceptors (Lipinski definition) is 4. The van der Waals surface area contributed by atoms with Gasteiger partial charge in [0.1, 0.15) is 17.0 Å². The highest BCUT2D eigenvalue weighted by molar-refractivity contribution is 5.86. The third-order valence-electron chi connectivity index (χ3n) is 2.41. The lowest BCUT2D eigenvalue weighted by molar-refractivity contribution is 0.277. The molecule has 0 bridgehead atoms. The lowest BCUT2D eigenvalue weighted by Crippen LogP contribution is -1.94. The number of methoxy groups -OCH3 is 2. The van der Waals surface area contributed by atoms with Crippen molar-refractivity contribution < 1.29 is 14.6 Å². The van der Waals surface area contributed by atoms with Crippen molar-refractivity contribution in [2.45, 2.75) is 6.61 Å². The quantitative estimate of drug-likeness (QED) is 0.854.